The molecule has 3 N–H and O–H groups in total. The topological polar surface area (TPSA) is 118 Å². The minimum atomic E-state index is -4.65. The number of anilines is 2. The van der Waals surface area contributed by atoms with Crippen LogP contribution < -0.4 is 20.1 Å². The number of nitrogens with zero attached hydrogens (tertiary/aromatic N) is 3. The summed E-state index contributed by atoms with van der Waals surface area (Å²) in [5, 5.41) is 5.96. The van der Waals surface area contributed by atoms with E-state index in [4.69, 9.17) is 4.74 Å². The highest BCUT2D eigenvalue weighted by Gasteiger charge is 2.30. The van der Waals surface area contributed by atoms with Gasteiger partial charge in [-0.2, -0.15) is 17.6 Å². The first-order chi connectivity index (χ1) is 21.3. The van der Waals surface area contributed by atoms with Crippen molar-refractivity contribution in [1.82, 2.24) is 20.3 Å². The largest absolute Gasteiger partial charge is 0.435 e. The fourth-order valence-corrected chi connectivity index (χ4v) is 5.68. The SMILES string of the molecule is O=S(=O)(Cc1ccc(C(F)(F)F)cc1)Nc1c(F)cc(Oc2ncccc2-c2ccnc(N[C@@H]3CNC[C@@H](F)C3)n2)c(F)c1F. The lowest BCUT2D eigenvalue weighted by Gasteiger charge is -2.26. The minimum Gasteiger partial charge on any atom is -0.435 e. The summed E-state index contributed by atoms with van der Waals surface area (Å²) in [5.41, 5.74) is -2.09. The highest BCUT2D eigenvalue weighted by Crippen LogP contribution is 2.36. The van der Waals surface area contributed by atoms with E-state index in [1.54, 1.807) is 4.72 Å². The van der Waals surface area contributed by atoms with Gasteiger partial charge in [0.1, 0.15) is 11.9 Å². The third-order valence-electron chi connectivity index (χ3n) is 6.56. The molecule has 0 radical (unpaired) electrons. The standard InChI is InChI=1S/C28H23F7N6O3S/c29-17-10-18(13-36-12-17)39-27-38-9-7-21(40-27)19-2-1-8-37-26(19)44-22-11-20(30)25(24(32)23(22)31)41-45(42,43)14-15-3-5-16(6-4-15)28(33,34)35/h1-9,11,17-18,36,41H,10,12-14H2,(H,38,39,40)/t17-,18-/m0/s1. The number of benzene rings is 2. The summed E-state index contributed by atoms with van der Waals surface area (Å²) >= 11 is 0. The maximum atomic E-state index is 15.1. The molecule has 0 saturated carbocycles. The quantitative estimate of drug-likeness (QED) is 0.152. The zero-order valence-corrected chi connectivity index (χ0v) is 23.7. The fourth-order valence-electron chi connectivity index (χ4n) is 4.47. The van der Waals surface area contributed by atoms with E-state index in [1.807, 2.05) is 0 Å². The summed E-state index contributed by atoms with van der Waals surface area (Å²) in [4.78, 5) is 12.5. The van der Waals surface area contributed by atoms with Gasteiger partial charge in [0.25, 0.3) is 0 Å². The Kier molecular flexibility index (Phi) is 9.11. The molecule has 1 aliphatic heterocycles. The number of alkyl halides is 4. The van der Waals surface area contributed by atoms with Crippen LogP contribution in [0.2, 0.25) is 0 Å². The van der Waals surface area contributed by atoms with Gasteiger partial charge in [0.15, 0.2) is 17.4 Å². The molecule has 3 heterocycles. The minimum absolute atomic E-state index is 0.121. The number of pyridine rings is 1. The van der Waals surface area contributed by atoms with Crippen molar-refractivity contribution in [2.45, 2.75) is 30.6 Å². The molecule has 1 saturated heterocycles. The molecular formula is C28H23F7N6O3S. The predicted molar refractivity (Wildman–Crippen MR) is 149 cm³/mol. The normalized spacial score (nSPS) is 17.1. The Hall–Kier alpha value is -4.51. The molecule has 2 aromatic heterocycles. The zero-order chi connectivity index (χ0) is 32.4. The van der Waals surface area contributed by atoms with Crippen LogP contribution in [0.3, 0.4) is 0 Å². The van der Waals surface area contributed by atoms with Crippen molar-refractivity contribution >= 4 is 21.7 Å². The van der Waals surface area contributed by atoms with Crippen molar-refractivity contribution in [1.29, 1.82) is 0 Å². The molecule has 1 fully saturated rings. The van der Waals surface area contributed by atoms with Gasteiger partial charge in [-0.05, 0) is 35.9 Å². The Balaban J connectivity index is 1.35. The van der Waals surface area contributed by atoms with E-state index in [-0.39, 0.29) is 47.7 Å². The number of sulfonamides is 1. The maximum Gasteiger partial charge on any atom is 0.416 e. The molecule has 45 heavy (non-hydrogen) atoms. The molecule has 0 aliphatic carbocycles. The van der Waals surface area contributed by atoms with Crippen LogP contribution in [0.4, 0.5) is 42.4 Å². The molecule has 2 atom stereocenters. The molecule has 17 heteroatoms. The summed E-state index contributed by atoms with van der Waals surface area (Å²) in [7, 11) is -4.61. The van der Waals surface area contributed by atoms with E-state index in [2.05, 4.69) is 25.6 Å². The molecule has 9 nitrogen and oxygen atoms in total. The lowest BCUT2D eigenvalue weighted by molar-refractivity contribution is -0.137. The lowest BCUT2D eigenvalue weighted by Crippen LogP contribution is -2.44. The number of rotatable bonds is 9. The van der Waals surface area contributed by atoms with Gasteiger partial charge in [-0.1, -0.05) is 12.1 Å². The zero-order valence-electron chi connectivity index (χ0n) is 22.9. The predicted octanol–water partition coefficient (Wildman–Crippen LogP) is 5.82. The Morgan fingerprint density at radius 2 is 1.73 bits per heavy atom. The van der Waals surface area contributed by atoms with Gasteiger partial charge < -0.3 is 15.4 Å². The van der Waals surface area contributed by atoms with Gasteiger partial charge in [-0.25, -0.2) is 36.5 Å². The second-order valence-electron chi connectivity index (χ2n) is 9.97. The first kappa shape index (κ1) is 31.9. The molecular weight excluding hydrogens is 633 g/mol. The highest BCUT2D eigenvalue weighted by atomic mass is 32.2. The Bertz CT molecular complexity index is 1790. The van der Waals surface area contributed by atoms with Crippen molar-refractivity contribution in [2.24, 2.45) is 0 Å². The van der Waals surface area contributed by atoms with E-state index in [1.165, 1.54) is 30.6 Å². The number of ether oxygens (including phenoxy) is 1. The third-order valence-corrected chi connectivity index (χ3v) is 7.79. The maximum absolute atomic E-state index is 15.1. The smallest absolute Gasteiger partial charge is 0.416 e. The molecule has 0 bridgehead atoms. The number of hydrogen-bond donors (Lipinski definition) is 3. The van der Waals surface area contributed by atoms with Crippen LogP contribution in [0.1, 0.15) is 17.5 Å². The number of hydrogen-bond acceptors (Lipinski definition) is 8. The fraction of sp³-hybridized carbons (Fsp3) is 0.250. The second kappa shape index (κ2) is 12.8. The molecule has 4 aromatic rings. The van der Waals surface area contributed by atoms with Crippen LogP contribution in [0.5, 0.6) is 11.6 Å². The van der Waals surface area contributed by atoms with Crippen molar-refractivity contribution in [3.8, 4) is 22.9 Å². The Labute approximate surface area is 251 Å². The van der Waals surface area contributed by atoms with Crippen LogP contribution in [-0.4, -0.2) is 48.7 Å². The third kappa shape index (κ3) is 7.78. The van der Waals surface area contributed by atoms with Crippen LogP contribution >= 0.6 is 0 Å². The van der Waals surface area contributed by atoms with Crippen molar-refractivity contribution in [2.75, 3.05) is 23.1 Å². The van der Waals surface area contributed by atoms with Crippen LogP contribution in [-0.2, 0) is 22.0 Å². The molecule has 0 amide bonds. The van der Waals surface area contributed by atoms with Gasteiger partial charge in [-0.3, -0.25) is 4.72 Å². The number of nitrogens with one attached hydrogen (secondary N) is 3. The molecule has 2 aromatic carbocycles. The van der Waals surface area contributed by atoms with Gasteiger partial charge in [0.2, 0.25) is 27.7 Å². The Morgan fingerprint density at radius 3 is 2.44 bits per heavy atom. The number of halogens is 7. The average molecular weight is 657 g/mol. The van der Waals surface area contributed by atoms with Crippen molar-refractivity contribution < 1.29 is 43.9 Å². The monoisotopic (exact) mass is 656 g/mol. The van der Waals surface area contributed by atoms with Gasteiger partial charge >= 0.3 is 6.18 Å². The number of aromatic nitrogens is 3. The van der Waals surface area contributed by atoms with Gasteiger partial charge in [-0.15, -0.1) is 0 Å². The lowest BCUT2D eigenvalue weighted by atomic mass is 10.1. The van der Waals surface area contributed by atoms with Crippen LogP contribution in [0, 0.1) is 17.5 Å². The summed E-state index contributed by atoms with van der Waals surface area (Å²) < 4.78 is 129. The average Bonchev–Trinajstić information content (AvgIpc) is 2.98. The first-order valence-electron chi connectivity index (χ1n) is 13.2. The second-order valence-corrected chi connectivity index (χ2v) is 11.7. The Morgan fingerprint density at radius 1 is 0.978 bits per heavy atom. The molecule has 0 unspecified atom stereocenters. The van der Waals surface area contributed by atoms with E-state index < -0.39 is 62.6 Å². The molecule has 238 valence electrons. The van der Waals surface area contributed by atoms with E-state index in [0.717, 1.165) is 12.1 Å². The molecule has 5 rings (SSSR count). The van der Waals surface area contributed by atoms with E-state index in [0.29, 0.717) is 24.7 Å². The van der Waals surface area contributed by atoms with Crippen LogP contribution in [0.25, 0.3) is 11.3 Å². The summed E-state index contributed by atoms with van der Waals surface area (Å²) in [6, 6.07) is 7.65. The van der Waals surface area contributed by atoms with Crippen molar-refractivity contribution in [3.63, 3.8) is 0 Å². The van der Waals surface area contributed by atoms with Gasteiger partial charge in [0.05, 0.1) is 22.6 Å². The highest BCUT2D eigenvalue weighted by molar-refractivity contribution is 7.91. The molecule has 1 aliphatic rings. The van der Waals surface area contributed by atoms with Gasteiger partial charge in [0, 0.05) is 44.0 Å². The molecule has 0 spiro atoms. The first-order valence-corrected chi connectivity index (χ1v) is 14.9. The van der Waals surface area contributed by atoms with E-state index in [9.17, 15) is 34.8 Å². The van der Waals surface area contributed by atoms with Crippen molar-refractivity contribution in [3.05, 3.63) is 89.5 Å². The number of piperidine rings is 1. The summed E-state index contributed by atoms with van der Waals surface area (Å²) in [5.74, 6) is -7.31. The van der Waals surface area contributed by atoms with Crippen LogP contribution in [0.15, 0.2) is 60.9 Å². The summed E-state index contributed by atoms with van der Waals surface area (Å²) in [6.45, 7) is 0.718. The van der Waals surface area contributed by atoms with E-state index >= 15 is 4.39 Å². The summed E-state index contributed by atoms with van der Waals surface area (Å²) in [6.07, 6.45) is -2.80.